The maximum Gasteiger partial charge on any atom is 0.296 e. The van der Waals surface area contributed by atoms with Gasteiger partial charge in [-0.2, -0.15) is 5.26 Å². The Hall–Kier alpha value is -2.84. The summed E-state index contributed by atoms with van der Waals surface area (Å²) in [5, 5.41) is 23.8. The lowest BCUT2D eigenvalue weighted by Gasteiger charge is -2.20. The van der Waals surface area contributed by atoms with Gasteiger partial charge in [-0.1, -0.05) is 0 Å². The molecular formula is C13H14N6O4S. The predicted molar refractivity (Wildman–Crippen MR) is 82.8 cm³/mol. The molecule has 2 rings (SSSR count). The Bertz CT molecular complexity index is 936. The molecule has 0 bridgehead atoms. The van der Waals surface area contributed by atoms with E-state index in [-0.39, 0.29) is 16.4 Å². The predicted octanol–water partition coefficient (Wildman–Crippen LogP) is 1.12. The van der Waals surface area contributed by atoms with Crippen LogP contribution in [0.15, 0.2) is 29.4 Å². The summed E-state index contributed by atoms with van der Waals surface area (Å²) in [4.78, 5) is 14.0. The van der Waals surface area contributed by atoms with Crippen LogP contribution in [0.2, 0.25) is 0 Å². The second-order valence-corrected chi connectivity index (χ2v) is 7.57. The maximum atomic E-state index is 12.3. The zero-order valence-electron chi connectivity index (χ0n) is 13.1. The van der Waals surface area contributed by atoms with Crippen LogP contribution in [0.25, 0.3) is 5.69 Å². The maximum absolute atomic E-state index is 12.3. The zero-order valence-corrected chi connectivity index (χ0v) is 13.9. The van der Waals surface area contributed by atoms with E-state index in [0.717, 1.165) is 17.1 Å². The van der Waals surface area contributed by atoms with Crippen LogP contribution in [0.5, 0.6) is 0 Å². The molecule has 0 aliphatic carbocycles. The first kappa shape index (κ1) is 17.5. The largest absolute Gasteiger partial charge is 0.296 e. The fraction of sp³-hybridized carbons (Fsp3) is 0.308. The van der Waals surface area contributed by atoms with Gasteiger partial charge in [0.1, 0.15) is 18.1 Å². The molecule has 0 fully saturated rings. The standard InChI is InChI=1S/C13H14N6O4S/c1-13(2,3)17-24(22,23)9-4-5-10(11(6-9)19(20)21)18-8-15-12(7-14)16-18/h4-6,8,17H,1-3H3. The molecular weight excluding hydrogens is 336 g/mol. The van der Waals surface area contributed by atoms with E-state index >= 15 is 0 Å². The SMILES string of the molecule is CC(C)(C)NS(=O)(=O)c1ccc(-n2cnc(C#N)n2)c([N+](=O)[O-])c1. The molecule has 126 valence electrons. The summed E-state index contributed by atoms with van der Waals surface area (Å²) in [6.07, 6.45) is 1.14. The second-order valence-electron chi connectivity index (χ2n) is 5.89. The average Bonchev–Trinajstić information content (AvgIpc) is 2.92. The van der Waals surface area contributed by atoms with Crippen molar-refractivity contribution >= 4 is 15.7 Å². The molecule has 0 unspecified atom stereocenters. The quantitative estimate of drug-likeness (QED) is 0.642. The number of benzene rings is 1. The fourth-order valence-electron chi connectivity index (χ4n) is 1.90. The third-order valence-corrected chi connectivity index (χ3v) is 4.49. The molecule has 2 aromatic rings. The van der Waals surface area contributed by atoms with Gasteiger partial charge in [0, 0.05) is 11.6 Å². The molecule has 1 N–H and O–H groups in total. The topological polar surface area (TPSA) is 144 Å². The van der Waals surface area contributed by atoms with Crippen LogP contribution in [0, 0.1) is 21.4 Å². The Morgan fingerprint density at radius 3 is 2.54 bits per heavy atom. The first-order valence-electron chi connectivity index (χ1n) is 6.68. The Labute approximate surface area is 137 Å². The summed E-state index contributed by atoms with van der Waals surface area (Å²) in [5.41, 5.74) is -1.20. The first-order chi connectivity index (χ1) is 11.0. The summed E-state index contributed by atoms with van der Waals surface area (Å²) in [6, 6.07) is 5.12. The molecule has 0 aliphatic rings. The van der Waals surface area contributed by atoms with Gasteiger partial charge in [-0.15, -0.1) is 5.10 Å². The highest BCUT2D eigenvalue weighted by atomic mass is 32.2. The van der Waals surface area contributed by atoms with Gasteiger partial charge < -0.3 is 0 Å². The van der Waals surface area contributed by atoms with Gasteiger partial charge in [0.25, 0.3) is 11.5 Å². The lowest BCUT2D eigenvalue weighted by molar-refractivity contribution is -0.384. The van der Waals surface area contributed by atoms with Crippen molar-refractivity contribution in [3.05, 3.63) is 40.5 Å². The minimum Gasteiger partial charge on any atom is -0.258 e. The van der Waals surface area contributed by atoms with E-state index in [1.54, 1.807) is 26.8 Å². The van der Waals surface area contributed by atoms with Gasteiger partial charge >= 0.3 is 0 Å². The third kappa shape index (κ3) is 3.73. The number of hydrogen-bond donors (Lipinski definition) is 1. The van der Waals surface area contributed by atoms with Crippen LogP contribution < -0.4 is 4.72 Å². The van der Waals surface area contributed by atoms with E-state index < -0.39 is 26.2 Å². The molecule has 0 radical (unpaired) electrons. The van der Waals surface area contributed by atoms with E-state index in [0.29, 0.717) is 0 Å². The molecule has 10 nitrogen and oxygen atoms in total. The van der Waals surface area contributed by atoms with Crippen molar-refractivity contribution in [2.45, 2.75) is 31.2 Å². The minimum absolute atomic E-state index is 0.00343. The normalized spacial score (nSPS) is 11.9. The number of rotatable bonds is 4. The summed E-state index contributed by atoms with van der Waals surface area (Å²) in [6.45, 7) is 4.98. The van der Waals surface area contributed by atoms with E-state index in [4.69, 9.17) is 5.26 Å². The van der Waals surface area contributed by atoms with Gasteiger partial charge in [0.05, 0.1) is 9.82 Å². The molecule has 0 spiro atoms. The minimum atomic E-state index is -3.92. The molecule has 11 heteroatoms. The van der Waals surface area contributed by atoms with Crippen molar-refractivity contribution in [2.75, 3.05) is 0 Å². The number of aromatic nitrogens is 3. The number of nitro benzene ring substituents is 1. The Kier molecular flexibility index (Phi) is 4.37. The van der Waals surface area contributed by atoms with E-state index in [2.05, 4.69) is 14.8 Å². The van der Waals surface area contributed by atoms with Crippen molar-refractivity contribution in [1.29, 1.82) is 5.26 Å². The molecule has 0 saturated carbocycles. The number of nitriles is 1. The highest BCUT2D eigenvalue weighted by Crippen LogP contribution is 2.26. The number of nitro groups is 1. The van der Waals surface area contributed by atoms with E-state index in [9.17, 15) is 18.5 Å². The Balaban J connectivity index is 2.56. The van der Waals surface area contributed by atoms with E-state index in [1.165, 1.54) is 12.1 Å². The molecule has 24 heavy (non-hydrogen) atoms. The molecule has 1 heterocycles. The number of nitrogens with one attached hydrogen (secondary N) is 1. The summed E-state index contributed by atoms with van der Waals surface area (Å²) in [5.74, 6) is -0.157. The van der Waals surface area contributed by atoms with Crippen LogP contribution in [-0.4, -0.2) is 33.6 Å². The van der Waals surface area contributed by atoms with Gasteiger partial charge in [-0.3, -0.25) is 10.1 Å². The van der Waals surface area contributed by atoms with Crippen LogP contribution in [0.4, 0.5) is 5.69 Å². The Morgan fingerprint density at radius 1 is 1.38 bits per heavy atom. The highest BCUT2D eigenvalue weighted by Gasteiger charge is 2.26. The van der Waals surface area contributed by atoms with Crippen molar-refractivity contribution < 1.29 is 13.3 Å². The van der Waals surface area contributed by atoms with Gasteiger partial charge in [0.2, 0.25) is 10.0 Å². The van der Waals surface area contributed by atoms with Gasteiger partial charge in [-0.05, 0) is 32.9 Å². The summed E-state index contributed by atoms with van der Waals surface area (Å²) < 4.78 is 28.1. The van der Waals surface area contributed by atoms with Gasteiger partial charge in [-0.25, -0.2) is 22.8 Å². The van der Waals surface area contributed by atoms with Crippen molar-refractivity contribution in [3.63, 3.8) is 0 Å². The van der Waals surface area contributed by atoms with E-state index in [1.807, 2.05) is 0 Å². The molecule has 0 amide bonds. The molecule has 0 saturated heterocycles. The highest BCUT2D eigenvalue weighted by molar-refractivity contribution is 7.89. The van der Waals surface area contributed by atoms with Gasteiger partial charge in [0.15, 0.2) is 0 Å². The molecule has 0 atom stereocenters. The molecule has 0 aliphatic heterocycles. The number of nitrogens with zero attached hydrogens (tertiary/aromatic N) is 5. The lowest BCUT2D eigenvalue weighted by atomic mass is 10.1. The third-order valence-electron chi connectivity index (χ3n) is 2.73. The monoisotopic (exact) mass is 350 g/mol. The summed E-state index contributed by atoms with van der Waals surface area (Å²) in [7, 11) is -3.92. The Morgan fingerprint density at radius 2 is 2.04 bits per heavy atom. The van der Waals surface area contributed by atoms with Crippen LogP contribution in [0.1, 0.15) is 26.6 Å². The second kappa shape index (κ2) is 5.99. The smallest absolute Gasteiger partial charge is 0.258 e. The summed E-state index contributed by atoms with van der Waals surface area (Å²) >= 11 is 0. The van der Waals surface area contributed by atoms with Crippen molar-refractivity contribution in [1.82, 2.24) is 19.5 Å². The van der Waals surface area contributed by atoms with Crippen LogP contribution >= 0.6 is 0 Å². The first-order valence-corrected chi connectivity index (χ1v) is 8.16. The van der Waals surface area contributed by atoms with Crippen LogP contribution in [-0.2, 0) is 10.0 Å². The van der Waals surface area contributed by atoms with Crippen molar-refractivity contribution in [2.24, 2.45) is 0 Å². The van der Waals surface area contributed by atoms with Crippen molar-refractivity contribution in [3.8, 4) is 11.8 Å². The average molecular weight is 350 g/mol. The van der Waals surface area contributed by atoms with Crippen LogP contribution in [0.3, 0.4) is 0 Å². The number of hydrogen-bond acceptors (Lipinski definition) is 7. The zero-order chi connectivity index (χ0) is 18.1. The number of sulfonamides is 1. The lowest BCUT2D eigenvalue weighted by Crippen LogP contribution is -2.40. The fourth-order valence-corrected chi connectivity index (χ4v) is 3.34. The molecule has 1 aromatic carbocycles. The molecule has 1 aromatic heterocycles.